The first-order valence-corrected chi connectivity index (χ1v) is 10.1. The highest BCUT2D eigenvalue weighted by Crippen LogP contribution is 2.38. The second-order valence-corrected chi connectivity index (χ2v) is 8.30. The highest BCUT2D eigenvalue weighted by molar-refractivity contribution is 5.76. The summed E-state index contributed by atoms with van der Waals surface area (Å²) >= 11 is 0. The van der Waals surface area contributed by atoms with Crippen LogP contribution in [-0.4, -0.2) is 51.6 Å². The van der Waals surface area contributed by atoms with Gasteiger partial charge in [-0.25, -0.2) is 9.50 Å². The molecule has 0 N–H and O–H groups in total. The van der Waals surface area contributed by atoms with Gasteiger partial charge >= 0.3 is 0 Å². The summed E-state index contributed by atoms with van der Waals surface area (Å²) in [5.41, 5.74) is 0.888. The zero-order chi connectivity index (χ0) is 17.5. The van der Waals surface area contributed by atoms with Crippen molar-refractivity contribution in [3.8, 4) is 0 Å². The average Bonchev–Trinajstić information content (AvgIpc) is 3.37. The maximum Gasteiger partial charge on any atom is 0.222 e. The number of likely N-dealkylation sites (tertiary alicyclic amines) is 1. The van der Waals surface area contributed by atoms with Gasteiger partial charge in [0, 0.05) is 44.9 Å². The lowest BCUT2D eigenvalue weighted by molar-refractivity contribution is -0.131. The molecule has 5 rings (SSSR count). The van der Waals surface area contributed by atoms with E-state index in [4.69, 9.17) is 4.98 Å². The summed E-state index contributed by atoms with van der Waals surface area (Å²) in [4.78, 5) is 21.9. The lowest BCUT2D eigenvalue weighted by atomic mass is 9.93. The number of fused-ring (bicyclic) bond motifs is 2. The molecule has 2 atom stereocenters. The molecule has 0 bridgehead atoms. The Kier molecular flexibility index (Phi) is 4.06. The van der Waals surface area contributed by atoms with E-state index in [-0.39, 0.29) is 0 Å². The van der Waals surface area contributed by atoms with E-state index in [2.05, 4.69) is 14.9 Å². The van der Waals surface area contributed by atoms with Gasteiger partial charge in [-0.2, -0.15) is 5.10 Å². The van der Waals surface area contributed by atoms with Crippen LogP contribution in [0.4, 0.5) is 5.82 Å². The van der Waals surface area contributed by atoms with Gasteiger partial charge in [0.15, 0.2) is 5.65 Å². The van der Waals surface area contributed by atoms with Crippen molar-refractivity contribution in [2.45, 2.75) is 38.5 Å². The van der Waals surface area contributed by atoms with Crippen LogP contribution in [-0.2, 0) is 4.79 Å². The van der Waals surface area contributed by atoms with E-state index >= 15 is 0 Å². The summed E-state index contributed by atoms with van der Waals surface area (Å²) in [6, 6.07) is 3.97. The number of nitrogens with zero attached hydrogens (tertiary/aromatic N) is 5. The van der Waals surface area contributed by atoms with Gasteiger partial charge < -0.3 is 9.80 Å². The first kappa shape index (κ1) is 16.1. The SMILES string of the molecule is O=C(CC1CCN(c2ccn3nccc3n2)CC1)N1CC2CCCC2C1. The van der Waals surface area contributed by atoms with Gasteiger partial charge in [0.2, 0.25) is 5.91 Å². The molecule has 3 fully saturated rings. The van der Waals surface area contributed by atoms with Gasteiger partial charge in [-0.15, -0.1) is 0 Å². The number of anilines is 1. The van der Waals surface area contributed by atoms with E-state index in [0.29, 0.717) is 11.8 Å². The van der Waals surface area contributed by atoms with Crippen LogP contribution >= 0.6 is 0 Å². The van der Waals surface area contributed by atoms with Crippen molar-refractivity contribution in [2.24, 2.45) is 17.8 Å². The summed E-state index contributed by atoms with van der Waals surface area (Å²) in [6.45, 7) is 4.02. The van der Waals surface area contributed by atoms with Crippen molar-refractivity contribution < 1.29 is 4.79 Å². The first-order valence-electron chi connectivity index (χ1n) is 10.1. The monoisotopic (exact) mass is 353 g/mol. The fraction of sp³-hybridized carbons (Fsp3) is 0.650. The van der Waals surface area contributed by atoms with Crippen LogP contribution in [0.1, 0.15) is 38.5 Å². The maximum absolute atomic E-state index is 12.7. The van der Waals surface area contributed by atoms with Crippen LogP contribution in [0.25, 0.3) is 5.65 Å². The quantitative estimate of drug-likeness (QED) is 0.851. The number of hydrogen-bond acceptors (Lipinski definition) is 4. The summed E-state index contributed by atoms with van der Waals surface area (Å²) < 4.78 is 1.79. The molecule has 138 valence electrons. The van der Waals surface area contributed by atoms with Crippen LogP contribution in [0.5, 0.6) is 0 Å². The summed E-state index contributed by atoms with van der Waals surface area (Å²) in [5, 5.41) is 4.20. The fourth-order valence-corrected chi connectivity index (χ4v) is 5.16. The molecule has 2 aromatic rings. The van der Waals surface area contributed by atoms with Crippen LogP contribution in [0.2, 0.25) is 0 Å². The van der Waals surface area contributed by atoms with Crippen LogP contribution in [0.15, 0.2) is 24.5 Å². The molecule has 6 nitrogen and oxygen atoms in total. The van der Waals surface area contributed by atoms with Crippen molar-refractivity contribution in [1.29, 1.82) is 0 Å². The Morgan fingerprint density at radius 3 is 2.62 bits per heavy atom. The minimum atomic E-state index is 0.400. The molecule has 2 aliphatic heterocycles. The van der Waals surface area contributed by atoms with E-state index in [1.54, 1.807) is 10.7 Å². The highest BCUT2D eigenvalue weighted by atomic mass is 16.2. The van der Waals surface area contributed by atoms with E-state index in [1.807, 2.05) is 18.3 Å². The van der Waals surface area contributed by atoms with Crippen LogP contribution in [0.3, 0.4) is 0 Å². The molecule has 4 heterocycles. The number of piperidine rings is 1. The van der Waals surface area contributed by atoms with Crippen molar-refractivity contribution in [3.63, 3.8) is 0 Å². The Morgan fingerprint density at radius 2 is 1.85 bits per heavy atom. The zero-order valence-corrected chi connectivity index (χ0v) is 15.3. The Bertz CT molecular complexity index is 782. The molecule has 2 unspecified atom stereocenters. The third-order valence-electron chi connectivity index (χ3n) is 6.72. The predicted octanol–water partition coefficient (Wildman–Crippen LogP) is 2.59. The van der Waals surface area contributed by atoms with Crippen molar-refractivity contribution in [3.05, 3.63) is 24.5 Å². The lowest BCUT2D eigenvalue weighted by Gasteiger charge is -2.33. The molecular weight excluding hydrogens is 326 g/mol. The molecule has 26 heavy (non-hydrogen) atoms. The Labute approximate surface area is 154 Å². The van der Waals surface area contributed by atoms with E-state index < -0.39 is 0 Å². The van der Waals surface area contributed by atoms with Crippen LogP contribution < -0.4 is 4.90 Å². The summed E-state index contributed by atoms with van der Waals surface area (Å²) in [7, 11) is 0. The Morgan fingerprint density at radius 1 is 1.08 bits per heavy atom. The van der Waals surface area contributed by atoms with Crippen molar-refractivity contribution in [2.75, 3.05) is 31.1 Å². The average molecular weight is 353 g/mol. The molecule has 3 aliphatic rings. The molecule has 0 radical (unpaired) electrons. The van der Waals surface area contributed by atoms with E-state index in [9.17, 15) is 4.79 Å². The van der Waals surface area contributed by atoms with Gasteiger partial charge in [0.05, 0.1) is 6.20 Å². The molecule has 0 spiro atoms. The topological polar surface area (TPSA) is 53.7 Å². The second-order valence-electron chi connectivity index (χ2n) is 8.30. The van der Waals surface area contributed by atoms with Gasteiger partial charge in [0.1, 0.15) is 5.82 Å². The Balaban J connectivity index is 1.15. The maximum atomic E-state index is 12.7. The van der Waals surface area contributed by atoms with Gasteiger partial charge in [-0.05, 0) is 49.5 Å². The predicted molar refractivity (Wildman–Crippen MR) is 100.0 cm³/mol. The third kappa shape index (κ3) is 2.95. The highest BCUT2D eigenvalue weighted by Gasteiger charge is 2.38. The standard InChI is InChI=1S/C20H27N5O/c26-20(24-13-16-2-1-3-17(16)14-24)12-15-5-9-23(10-6-15)18-7-11-25-19(22-18)4-8-21-25/h4,7-8,11,15-17H,1-3,5-6,9-10,12-14H2. The van der Waals surface area contributed by atoms with Gasteiger partial charge in [-0.1, -0.05) is 6.42 Å². The number of hydrogen-bond donors (Lipinski definition) is 0. The minimum absolute atomic E-state index is 0.400. The van der Waals surface area contributed by atoms with E-state index in [1.165, 1.54) is 19.3 Å². The number of carbonyl (C=O) groups is 1. The fourth-order valence-electron chi connectivity index (χ4n) is 5.16. The molecule has 1 amide bonds. The smallest absolute Gasteiger partial charge is 0.222 e. The van der Waals surface area contributed by atoms with E-state index in [0.717, 1.165) is 68.7 Å². The number of carbonyl (C=O) groups excluding carboxylic acids is 1. The number of aromatic nitrogens is 3. The number of rotatable bonds is 3. The zero-order valence-electron chi connectivity index (χ0n) is 15.3. The molecule has 0 aromatic carbocycles. The van der Waals surface area contributed by atoms with Gasteiger partial charge in [0.25, 0.3) is 0 Å². The van der Waals surface area contributed by atoms with Crippen molar-refractivity contribution >= 4 is 17.4 Å². The largest absolute Gasteiger partial charge is 0.356 e. The molecule has 6 heteroatoms. The Hall–Kier alpha value is -2.11. The number of amides is 1. The molecular formula is C20H27N5O. The lowest BCUT2D eigenvalue weighted by Crippen LogP contribution is -2.37. The third-order valence-corrected chi connectivity index (χ3v) is 6.72. The summed E-state index contributed by atoms with van der Waals surface area (Å²) in [5.74, 6) is 3.54. The molecule has 2 aromatic heterocycles. The van der Waals surface area contributed by atoms with Crippen molar-refractivity contribution in [1.82, 2.24) is 19.5 Å². The molecule has 1 aliphatic carbocycles. The molecule has 2 saturated heterocycles. The normalized spacial score (nSPS) is 26.6. The minimum Gasteiger partial charge on any atom is -0.356 e. The van der Waals surface area contributed by atoms with Gasteiger partial charge in [-0.3, -0.25) is 4.79 Å². The molecule has 1 saturated carbocycles. The first-order chi connectivity index (χ1) is 12.8. The second kappa shape index (κ2) is 6.56. The summed E-state index contributed by atoms with van der Waals surface area (Å²) in [6.07, 6.45) is 10.7. The van der Waals surface area contributed by atoms with Crippen LogP contribution in [0, 0.1) is 17.8 Å².